The molecule has 0 saturated heterocycles. The van der Waals surface area contributed by atoms with Crippen molar-refractivity contribution in [2.45, 2.75) is 6.92 Å². The molecule has 1 aromatic carbocycles. The van der Waals surface area contributed by atoms with E-state index in [-0.39, 0.29) is 11.7 Å². The maximum absolute atomic E-state index is 12.5. The van der Waals surface area contributed by atoms with Crippen LogP contribution in [0.1, 0.15) is 12.5 Å². The van der Waals surface area contributed by atoms with Crippen molar-refractivity contribution >= 4 is 11.7 Å². The van der Waals surface area contributed by atoms with Gasteiger partial charge in [0.05, 0.1) is 0 Å². The van der Waals surface area contributed by atoms with Crippen LogP contribution >= 0.6 is 0 Å². The van der Waals surface area contributed by atoms with E-state index in [1.807, 2.05) is 0 Å². The van der Waals surface area contributed by atoms with Crippen LogP contribution in [0.2, 0.25) is 0 Å². The fourth-order valence-corrected chi connectivity index (χ4v) is 0.811. The van der Waals surface area contributed by atoms with E-state index in [0.29, 0.717) is 11.4 Å². The van der Waals surface area contributed by atoms with Crippen LogP contribution < -0.4 is 11.5 Å². The highest BCUT2D eigenvalue weighted by molar-refractivity contribution is 5.97. The van der Waals surface area contributed by atoms with Crippen LogP contribution in [-0.4, -0.2) is 11.7 Å². The highest BCUT2D eigenvalue weighted by atomic mass is 19.1. The lowest BCUT2D eigenvalue weighted by molar-refractivity contribution is 0.628. The Hall–Kier alpha value is -1.91. The fraction of sp³-hybridized carbons (Fsp3) is 0.111. The molecule has 0 bridgehead atoms. The van der Waals surface area contributed by atoms with Crippen LogP contribution in [0.3, 0.4) is 0 Å². The highest BCUT2D eigenvalue weighted by Gasteiger charge is 1.97. The summed E-state index contributed by atoms with van der Waals surface area (Å²) < 4.78 is 12.5. The second-order valence-corrected chi connectivity index (χ2v) is 2.73. The first-order chi connectivity index (χ1) is 6.59. The quantitative estimate of drug-likeness (QED) is 0.415. The van der Waals surface area contributed by atoms with E-state index in [0.717, 1.165) is 0 Å². The van der Waals surface area contributed by atoms with Crippen LogP contribution in [0.5, 0.6) is 0 Å². The van der Waals surface area contributed by atoms with Gasteiger partial charge in [0, 0.05) is 5.56 Å². The first-order valence-corrected chi connectivity index (χ1v) is 3.98. The number of hydrogen-bond acceptors (Lipinski definition) is 2. The zero-order valence-electron chi connectivity index (χ0n) is 7.74. The van der Waals surface area contributed by atoms with Gasteiger partial charge in [0.1, 0.15) is 11.7 Å². The predicted octanol–water partition coefficient (Wildman–Crippen LogP) is 0.823. The van der Waals surface area contributed by atoms with Gasteiger partial charge in [-0.05, 0) is 31.2 Å². The molecular weight excluding hydrogens is 183 g/mol. The van der Waals surface area contributed by atoms with Crippen molar-refractivity contribution in [1.82, 2.24) is 0 Å². The van der Waals surface area contributed by atoms with E-state index in [1.165, 1.54) is 24.3 Å². The van der Waals surface area contributed by atoms with Crippen LogP contribution in [0, 0.1) is 5.82 Å². The van der Waals surface area contributed by atoms with E-state index in [9.17, 15) is 4.39 Å². The molecule has 0 saturated carbocycles. The van der Waals surface area contributed by atoms with Crippen molar-refractivity contribution in [2.24, 2.45) is 21.7 Å². The summed E-state index contributed by atoms with van der Waals surface area (Å²) in [7, 11) is 0. The normalized spacial score (nSPS) is 13.0. The number of benzene rings is 1. The third-order valence-corrected chi connectivity index (χ3v) is 1.46. The van der Waals surface area contributed by atoms with Crippen molar-refractivity contribution in [2.75, 3.05) is 0 Å². The third kappa shape index (κ3) is 2.85. The van der Waals surface area contributed by atoms with Gasteiger partial charge < -0.3 is 11.5 Å². The number of hydrogen-bond donors (Lipinski definition) is 2. The van der Waals surface area contributed by atoms with Gasteiger partial charge in [-0.1, -0.05) is 0 Å². The molecule has 0 spiro atoms. The third-order valence-electron chi connectivity index (χ3n) is 1.46. The summed E-state index contributed by atoms with van der Waals surface area (Å²) >= 11 is 0. The van der Waals surface area contributed by atoms with E-state index >= 15 is 0 Å². The van der Waals surface area contributed by atoms with Crippen LogP contribution in [-0.2, 0) is 0 Å². The summed E-state index contributed by atoms with van der Waals surface area (Å²) in [4.78, 5) is 0. The average molecular weight is 194 g/mol. The molecule has 0 aliphatic rings. The molecule has 0 amide bonds. The summed E-state index contributed by atoms with van der Waals surface area (Å²) in [5, 5.41) is 7.25. The van der Waals surface area contributed by atoms with Crippen molar-refractivity contribution < 1.29 is 4.39 Å². The van der Waals surface area contributed by atoms with Crippen LogP contribution in [0.4, 0.5) is 4.39 Å². The second kappa shape index (κ2) is 4.36. The van der Waals surface area contributed by atoms with E-state index in [2.05, 4.69) is 10.2 Å². The average Bonchev–Trinajstić information content (AvgIpc) is 2.15. The molecule has 14 heavy (non-hydrogen) atoms. The van der Waals surface area contributed by atoms with Gasteiger partial charge >= 0.3 is 0 Å². The van der Waals surface area contributed by atoms with Crippen LogP contribution in [0.25, 0.3) is 0 Å². The zero-order valence-corrected chi connectivity index (χ0v) is 7.74. The van der Waals surface area contributed by atoms with Gasteiger partial charge in [-0.15, -0.1) is 10.2 Å². The summed E-state index contributed by atoms with van der Waals surface area (Å²) in [5.74, 6) is 0.199. The van der Waals surface area contributed by atoms with Gasteiger partial charge in [0.2, 0.25) is 0 Å². The molecule has 1 rings (SSSR count). The summed E-state index contributed by atoms with van der Waals surface area (Å²) in [6, 6.07) is 5.65. The molecular formula is C9H11FN4. The summed E-state index contributed by atoms with van der Waals surface area (Å²) in [6.07, 6.45) is 0. The Balaban J connectivity index is 2.89. The first-order valence-electron chi connectivity index (χ1n) is 3.98. The van der Waals surface area contributed by atoms with Crippen molar-refractivity contribution in [3.8, 4) is 0 Å². The van der Waals surface area contributed by atoms with E-state index in [1.54, 1.807) is 6.92 Å². The topological polar surface area (TPSA) is 76.8 Å². The summed E-state index contributed by atoms with van der Waals surface area (Å²) in [5.41, 5.74) is 11.4. The van der Waals surface area contributed by atoms with Gasteiger partial charge in [-0.3, -0.25) is 0 Å². The molecule has 4 N–H and O–H groups in total. The Morgan fingerprint density at radius 2 is 1.71 bits per heavy atom. The van der Waals surface area contributed by atoms with Crippen molar-refractivity contribution in [3.05, 3.63) is 35.6 Å². The fourth-order valence-electron chi connectivity index (χ4n) is 0.811. The lowest BCUT2D eigenvalue weighted by Gasteiger charge is -1.97. The summed E-state index contributed by atoms with van der Waals surface area (Å²) in [6.45, 7) is 1.60. The lowest BCUT2D eigenvalue weighted by Crippen LogP contribution is -2.13. The standard InChI is InChI=1S/C9H11FN4/c1-6(11)13-14-9(12)7-2-4-8(10)5-3-7/h2-5H,1H3,(H2,11,13)(H2,12,14). The Kier molecular flexibility index (Phi) is 3.17. The monoisotopic (exact) mass is 194 g/mol. The number of nitrogens with two attached hydrogens (primary N) is 2. The largest absolute Gasteiger partial charge is 0.386 e. The minimum absolute atomic E-state index is 0.204. The molecule has 0 heterocycles. The zero-order chi connectivity index (χ0) is 10.6. The molecule has 0 aliphatic carbocycles. The molecule has 0 fully saturated rings. The van der Waals surface area contributed by atoms with E-state index < -0.39 is 0 Å². The molecule has 0 aliphatic heterocycles. The molecule has 1 aromatic rings. The second-order valence-electron chi connectivity index (χ2n) is 2.73. The molecule has 0 atom stereocenters. The molecule has 0 aromatic heterocycles. The number of amidine groups is 2. The maximum Gasteiger partial charge on any atom is 0.153 e. The van der Waals surface area contributed by atoms with Gasteiger partial charge in [0.15, 0.2) is 5.84 Å². The highest BCUT2D eigenvalue weighted by Crippen LogP contribution is 2.02. The lowest BCUT2D eigenvalue weighted by atomic mass is 10.2. The molecule has 0 unspecified atom stereocenters. The SMILES string of the molecule is C/C(N)=N/N=C(\N)c1ccc(F)cc1. The van der Waals surface area contributed by atoms with Gasteiger partial charge in [-0.2, -0.15) is 0 Å². The number of rotatable bonds is 2. The van der Waals surface area contributed by atoms with Crippen LogP contribution in [0.15, 0.2) is 34.5 Å². The molecule has 0 radical (unpaired) electrons. The smallest absolute Gasteiger partial charge is 0.153 e. The first kappa shape index (κ1) is 10.2. The Labute approximate surface area is 81.1 Å². The Morgan fingerprint density at radius 1 is 1.14 bits per heavy atom. The van der Waals surface area contributed by atoms with Crippen molar-refractivity contribution in [3.63, 3.8) is 0 Å². The molecule has 5 heteroatoms. The predicted molar refractivity (Wildman–Crippen MR) is 54.4 cm³/mol. The van der Waals surface area contributed by atoms with E-state index in [4.69, 9.17) is 11.5 Å². The maximum atomic E-state index is 12.5. The van der Waals surface area contributed by atoms with Gasteiger partial charge in [0.25, 0.3) is 0 Å². The molecule has 74 valence electrons. The number of halogens is 1. The Morgan fingerprint density at radius 3 is 2.21 bits per heavy atom. The molecule has 4 nitrogen and oxygen atoms in total. The Bertz CT molecular complexity index is 363. The number of nitrogens with zero attached hydrogens (tertiary/aromatic N) is 2. The minimum atomic E-state index is -0.319. The minimum Gasteiger partial charge on any atom is -0.386 e. The van der Waals surface area contributed by atoms with Gasteiger partial charge in [-0.25, -0.2) is 4.39 Å². The van der Waals surface area contributed by atoms with Crippen molar-refractivity contribution in [1.29, 1.82) is 0 Å².